The van der Waals surface area contributed by atoms with E-state index in [1.54, 1.807) is 43.5 Å². The quantitative estimate of drug-likeness (QED) is 0.433. The summed E-state index contributed by atoms with van der Waals surface area (Å²) in [5.74, 6) is 0.129. The molecule has 170 valence electrons. The maximum absolute atomic E-state index is 13.6. The lowest BCUT2D eigenvalue weighted by atomic mass is 10.00. The highest BCUT2D eigenvalue weighted by Gasteiger charge is 2.22. The monoisotopic (exact) mass is 458 g/mol. The molecule has 0 heterocycles. The fraction of sp³-hybridized carbons (Fsp3) is 0.240. The average molecular weight is 459 g/mol. The van der Waals surface area contributed by atoms with Crippen LogP contribution in [0, 0.1) is 5.82 Å². The number of aliphatic hydroxyl groups excluding tert-OH is 1. The summed E-state index contributed by atoms with van der Waals surface area (Å²) in [6.07, 6.45) is -0.570. The number of carbonyl (C=O) groups is 1. The molecule has 0 bridgehead atoms. The van der Waals surface area contributed by atoms with Crippen molar-refractivity contribution < 1.29 is 19.0 Å². The van der Waals surface area contributed by atoms with Crippen molar-refractivity contribution in [2.45, 2.75) is 25.1 Å². The van der Waals surface area contributed by atoms with Gasteiger partial charge in [0.2, 0.25) is 0 Å². The number of halogens is 2. The Morgan fingerprint density at radius 2 is 1.72 bits per heavy atom. The number of methoxy groups -OCH3 is 1. The molecule has 0 radical (unpaired) electrons. The highest BCUT2D eigenvalue weighted by Crippen LogP contribution is 2.13. The van der Waals surface area contributed by atoms with Crippen molar-refractivity contribution >= 4 is 18.3 Å². The predicted molar refractivity (Wildman–Crippen MR) is 126 cm³/mol. The topological polar surface area (TPSA) is 70.6 Å². The van der Waals surface area contributed by atoms with E-state index in [0.717, 1.165) is 11.3 Å². The maximum Gasteiger partial charge on any atom is 0.251 e. The zero-order valence-electron chi connectivity index (χ0n) is 17.8. The van der Waals surface area contributed by atoms with Gasteiger partial charge >= 0.3 is 0 Å². The first kappa shape index (κ1) is 25.3. The second-order valence-corrected chi connectivity index (χ2v) is 7.33. The van der Waals surface area contributed by atoms with Crippen molar-refractivity contribution in [1.82, 2.24) is 10.6 Å². The molecule has 7 heteroatoms. The Bertz CT molecular complexity index is 988. The van der Waals surface area contributed by atoms with Gasteiger partial charge in [-0.15, -0.1) is 12.4 Å². The fourth-order valence-corrected chi connectivity index (χ4v) is 3.33. The lowest BCUT2D eigenvalue weighted by molar-refractivity contribution is 0.0830. The molecule has 32 heavy (non-hydrogen) atoms. The van der Waals surface area contributed by atoms with Crippen LogP contribution in [0.25, 0.3) is 0 Å². The van der Waals surface area contributed by atoms with E-state index in [1.165, 1.54) is 12.1 Å². The summed E-state index contributed by atoms with van der Waals surface area (Å²) in [5.41, 5.74) is 2.22. The van der Waals surface area contributed by atoms with Crippen molar-refractivity contribution in [2.24, 2.45) is 0 Å². The van der Waals surface area contributed by atoms with Crippen LogP contribution < -0.4 is 15.4 Å². The minimum Gasteiger partial charge on any atom is -0.497 e. The average Bonchev–Trinajstić information content (AvgIpc) is 2.79. The minimum atomic E-state index is -0.874. The Morgan fingerprint density at radius 1 is 1.00 bits per heavy atom. The predicted octanol–water partition coefficient (Wildman–Crippen LogP) is 3.75. The van der Waals surface area contributed by atoms with E-state index < -0.39 is 12.1 Å². The first-order valence-electron chi connectivity index (χ1n) is 10.2. The van der Waals surface area contributed by atoms with Gasteiger partial charge < -0.3 is 20.5 Å². The third-order valence-corrected chi connectivity index (χ3v) is 4.98. The van der Waals surface area contributed by atoms with Crippen LogP contribution in [-0.2, 0) is 13.0 Å². The van der Waals surface area contributed by atoms with Gasteiger partial charge in [-0.3, -0.25) is 4.79 Å². The van der Waals surface area contributed by atoms with Crippen LogP contribution in [0.4, 0.5) is 4.39 Å². The molecule has 1 amide bonds. The summed E-state index contributed by atoms with van der Waals surface area (Å²) in [6, 6.07) is 22.1. The van der Waals surface area contributed by atoms with Crippen molar-refractivity contribution in [3.8, 4) is 5.75 Å². The molecule has 0 spiro atoms. The normalized spacial score (nSPS) is 12.3. The van der Waals surface area contributed by atoms with Crippen LogP contribution in [0.3, 0.4) is 0 Å². The SMILES string of the molecule is COc1cccc(CNC[C@@H](O)[C@H](Cc2cccc(F)c2)NC(=O)c2ccccc2)c1.Cl. The Labute approximate surface area is 194 Å². The van der Waals surface area contributed by atoms with E-state index in [1.807, 2.05) is 30.3 Å². The second-order valence-electron chi connectivity index (χ2n) is 7.33. The number of ether oxygens (including phenoxy) is 1. The van der Waals surface area contributed by atoms with E-state index in [4.69, 9.17) is 4.74 Å². The first-order valence-corrected chi connectivity index (χ1v) is 10.2. The molecule has 0 aliphatic carbocycles. The van der Waals surface area contributed by atoms with Crippen LogP contribution in [0.1, 0.15) is 21.5 Å². The minimum absolute atomic E-state index is 0. The first-order chi connectivity index (χ1) is 15.0. The van der Waals surface area contributed by atoms with Gasteiger partial charge in [0.15, 0.2) is 0 Å². The van der Waals surface area contributed by atoms with E-state index >= 15 is 0 Å². The van der Waals surface area contributed by atoms with Crippen molar-refractivity contribution in [1.29, 1.82) is 0 Å². The van der Waals surface area contributed by atoms with Crippen molar-refractivity contribution in [3.63, 3.8) is 0 Å². The number of rotatable bonds is 10. The third kappa shape index (κ3) is 7.64. The zero-order valence-corrected chi connectivity index (χ0v) is 18.6. The molecule has 3 N–H and O–H groups in total. The van der Waals surface area contributed by atoms with Crippen LogP contribution in [0.5, 0.6) is 5.75 Å². The number of hydrogen-bond donors (Lipinski definition) is 3. The van der Waals surface area contributed by atoms with Crippen LogP contribution in [0.2, 0.25) is 0 Å². The molecule has 3 aromatic rings. The van der Waals surface area contributed by atoms with Gasteiger partial charge in [0.1, 0.15) is 11.6 Å². The summed E-state index contributed by atoms with van der Waals surface area (Å²) in [7, 11) is 1.61. The number of nitrogens with one attached hydrogen (secondary N) is 2. The number of aliphatic hydroxyl groups is 1. The molecule has 0 unspecified atom stereocenters. The van der Waals surface area contributed by atoms with Gasteiger partial charge in [0.05, 0.1) is 19.3 Å². The van der Waals surface area contributed by atoms with Crippen LogP contribution >= 0.6 is 12.4 Å². The molecule has 3 aromatic carbocycles. The lowest BCUT2D eigenvalue weighted by Crippen LogP contribution is -2.48. The van der Waals surface area contributed by atoms with Crippen LogP contribution in [-0.4, -0.2) is 36.8 Å². The molecular formula is C25H28ClFN2O3. The van der Waals surface area contributed by atoms with Gasteiger partial charge in [-0.2, -0.15) is 0 Å². The third-order valence-electron chi connectivity index (χ3n) is 4.98. The molecule has 0 saturated heterocycles. The lowest BCUT2D eigenvalue weighted by Gasteiger charge is -2.25. The van der Waals surface area contributed by atoms with Gasteiger partial charge in [0, 0.05) is 18.7 Å². The number of benzene rings is 3. The number of amides is 1. The summed E-state index contributed by atoms with van der Waals surface area (Å²) in [5, 5.41) is 16.9. The molecule has 0 saturated carbocycles. The molecule has 3 rings (SSSR count). The molecular weight excluding hydrogens is 431 g/mol. The molecule has 5 nitrogen and oxygen atoms in total. The Balaban J connectivity index is 0.00000363. The smallest absolute Gasteiger partial charge is 0.251 e. The summed E-state index contributed by atoms with van der Waals surface area (Å²) in [6.45, 7) is 0.792. The van der Waals surface area contributed by atoms with Crippen LogP contribution in [0.15, 0.2) is 78.9 Å². The van der Waals surface area contributed by atoms with E-state index in [2.05, 4.69) is 10.6 Å². The Morgan fingerprint density at radius 3 is 2.44 bits per heavy atom. The molecule has 0 aliphatic heterocycles. The molecule has 0 aliphatic rings. The van der Waals surface area contributed by atoms with Crippen molar-refractivity contribution in [3.05, 3.63) is 101 Å². The van der Waals surface area contributed by atoms with Crippen molar-refractivity contribution in [2.75, 3.05) is 13.7 Å². The highest BCUT2D eigenvalue weighted by molar-refractivity contribution is 5.94. The largest absolute Gasteiger partial charge is 0.497 e. The standard InChI is InChI=1S/C25H27FN2O3.ClH/c1-31-22-12-6-8-19(14-22)16-27-17-24(29)23(15-18-7-5-11-21(26)13-18)28-25(30)20-9-3-2-4-10-20;/h2-14,23-24,27,29H,15-17H2,1H3,(H,28,30);1H/t23-,24+;/m0./s1. The maximum atomic E-state index is 13.6. The Kier molecular flexibility index (Phi) is 10.1. The Hall–Kier alpha value is -2.93. The van der Waals surface area contributed by atoms with Gasteiger partial charge in [-0.1, -0.05) is 42.5 Å². The van der Waals surface area contributed by atoms with E-state index in [-0.39, 0.29) is 30.7 Å². The molecule has 0 aromatic heterocycles. The van der Waals surface area contributed by atoms with E-state index in [0.29, 0.717) is 24.1 Å². The fourth-order valence-electron chi connectivity index (χ4n) is 3.33. The molecule has 2 atom stereocenters. The zero-order chi connectivity index (χ0) is 22.1. The van der Waals surface area contributed by atoms with E-state index in [9.17, 15) is 14.3 Å². The summed E-state index contributed by atoms with van der Waals surface area (Å²) < 4.78 is 18.9. The number of hydrogen-bond acceptors (Lipinski definition) is 4. The summed E-state index contributed by atoms with van der Waals surface area (Å²) >= 11 is 0. The van der Waals surface area contributed by atoms with Gasteiger partial charge in [0.25, 0.3) is 5.91 Å². The van der Waals surface area contributed by atoms with Gasteiger partial charge in [-0.05, 0) is 53.9 Å². The summed E-state index contributed by atoms with van der Waals surface area (Å²) in [4.78, 5) is 12.7. The highest BCUT2D eigenvalue weighted by atomic mass is 35.5. The second kappa shape index (κ2) is 12.8. The van der Waals surface area contributed by atoms with Gasteiger partial charge in [-0.25, -0.2) is 4.39 Å². The number of carbonyl (C=O) groups excluding carboxylic acids is 1. The molecule has 0 fully saturated rings.